The molecule has 0 spiro atoms. The van der Waals surface area contributed by atoms with Gasteiger partial charge in [-0.05, 0) is 17.2 Å². The summed E-state index contributed by atoms with van der Waals surface area (Å²) in [5.41, 5.74) is 0. The summed E-state index contributed by atoms with van der Waals surface area (Å²) in [4.78, 5) is 20.5. The molecule has 2 N–H and O–H groups in total. The van der Waals surface area contributed by atoms with Crippen LogP contribution in [0.15, 0.2) is 17.8 Å². The lowest BCUT2D eigenvalue weighted by Gasteiger charge is -2.07. The van der Waals surface area contributed by atoms with E-state index >= 15 is 0 Å². The number of aromatic nitrogens is 2. The van der Waals surface area contributed by atoms with E-state index in [-0.39, 0.29) is 5.91 Å². The van der Waals surface area contributed by atoms with Gasteiger partial charge >= 0.3 is 0 Å². The van der Waals surface area contributed by atoms with Gasteiger partial charge in [0.15, 0.2) is 0 Å². The molecule has 2 aromatic heterocycles. The number of thiol groups is 1. The van der Waals surface area contributed by atoms with Gasteiger partial charge in [0.2, 0.25) is 5.91 Å². The van der Waals surface area contributed by atoms with Crippen LogP contribution in [0.4, 0.5) is 5.82 Å². The first kappa shape index (κ1) is 13.1. The lowest BCUT2D eigenvalue weighted by molar-refractivity contribution is -0.120. The van der Waals surface area contributed by atoms with E-state index in [4.69, 9.17) is 0 Å². The first-order chi connectivity index (χ1) is 8.81. The van der Waals surface area contributed by atoms with Crippen molar-refractivity contribution in [2.24, 2.45) is 0 Å². The topological polar surface area (TPSA) is 66.9 Å². The fourth-order valence-corrected chi connectivity index (χ4v) is 2.44. The highest BCUT2D eigenvalue weighted by molar-refractivity contribution is 7.80. The van der Waals surface area contributed by atoms with Gasteiger partial charge in [0, 0.05) is 19.5 Å². The molecule has 0 fully saturated rings. The van der Waals surface area contributed by atoms with Gasteiger partial charge in [-0.15, -0.1) is 11.3 Å². The molecule has 0 aliphatic rings. The smallest absolute Gasteiger partial charge is 0.220 e. The Morgan fingerprint density at radius 3 is 3.11 bits per heavy atom. The number of nitrogens with zero attached hydrogens (tertiary/aromatic N) is 2. The Kier molecular flexibility index (Phi) is 4.77. The number of anilines is 1. The van der Waals surface area contributed by atoms with Crippen LogP contribution in [0.1, 0.15) is 6.42 Å². The monoisotopic (exact) mass is 282 g/mol. The number of amides is 1. The number of carbonyl (C=O) groups excluding carboxylic acids is 1. The molecule has 2 aromatic rings. The molecule has 0 aliphatic heterocycles. The molecule has 7 heteroatoms. The number of hydrogen-bond acceptors (Lipinski definition) is 6. The van der Waals surface area contributed by atoms with Gasteiger partial charge in [-0.2, -0.15) is 12.6 Å². The van der Waals surface area contributed by atoms with Crippen LogP contribution in [-0.2, 0) is 4.79 Å². The molecular formula is C11H14N4OS2. The molecule has 0 saturated carbocycles. The highest BCUT2D eigenvalue weighted by Gasteiger charge is 2.04. The van der Waals surface area contributed by atoms with Crippen LogP contribution in [0, 0.1) is 0 Å². The van der Waals surface area contributed by atoms with Crippen molar-refractivity contribution in [2.45, 2.75) is 6.42 Å². The van der Waals surface area contributed by atoms with E-state index in [0.29, 0.717) is 25.3 Å². The highest BCUT2D eigenvalue weighted by atomic mass is 32.1. The van der Waals surface area contributed by atoms with Gasteiger partial charge in [-0.1, -0.05) is 0 Å². The summed E-state index contributed by atoms with van der Waals surface area (Å²) in [5.74, 6) is 1.40. The third-order valence-corrected chi connectivity index (χ3v) is 3.38. The minimum Gasteiger partial charge on any atom is -0.368 e. The Morgan fingerprint density at radius 1 is 1.39 bits per heavy atom. The molecule has 2 heterocycles. The highest BCUT2D eigenvalue weighted by Crippen LogP contribution is 2.23. The Hall–Kier alpha value is -1.34. The van der Waals surface area contributed by atoms with Gasteiger partial charge in [0.25, 0.3) is 0 Å². The summed E-state index contributed by atoms with van der Waals surface area (Å²) in [6, 6.07) is 1.99. The summed E-state index contributed by atoms with van der Waals surface area (Å²) >= 11 is 5.59. The van der Waals surface area contributed by atoms with E-state index in [1.807, 2.05) is 11.4 Å². The number of carbonyl (C=O) groups is 1. The zero-order valence-corrected chi connectivity index (χ0v) is 11.4. The fourth-order valence-electron chi connectivity index (χ4n) is 1.50. The molecule has 0 saturated heterocycles. The minimum atomic E-state index is 0.0233. The number of fused-ring (bicyclic) bond motifs is 1. The van der Waals surface area contributed by atoms with E-state index < -0.39 is 0 Å². The van der Waals surface area contributed by atoms with Crippen molar-refractivity contribution >= 4 is 45.9 Å². The molecule has 0 unspecified atom stereocenters. The predicted octanol–water partition coefficient (Wildman–Crippen LogP) is 1.54. The molecule has 0 aliphatic carbocycles. The molecule has 0 bridgehead atoms. The number of hydrogen-bond donors (Lipinski definition) is 3. The first-order valence-electron chi connectivity index (χ1n) is 5.61. The number of thiophene rings is 1. The summed E-state index contributed by atoms with van der Waals surface area (Å²) in [5, 5.41) is 9.00. The second-order valence-corrected chi connectivity index (χ2v) is 4.95. The van der Waals surface area contributed by atoms with Crippen LogP contribution in [0.25, 0.3) is 10.2 Å². The zero-order valence-electron chi connectivity index (χ0n) is 9.72. The Labute approximate surface area is 114 Å². The van der Waals surface area contributed by atoms with Crippen LogP contribution >= 0.6 is 24.0 Å². The summed E-state index contributed by atoms with van der Waals surface area (Å²) in [7, 11) is 0. The molecule has 0 aromatic carbocycles. The molecule has 18 heavy (non-hydrogen) atoms. The zero-order chi connectivity index (χ0) is 12.8. The van der Waals surface area contributed by atoms with Crippen LogP contribution in [0.5, 0.6) is 0 Å². The first-order valence-corrected chi connectivity index (χ1v) is 7.12. The lowest BCUT2D eigenvalue weighted by atomic mass is 10.4. The standard InChI is InChI=1S/C11H14N4OS2/c16-9(1-5-17)12-3-4-13-10-8-2-6-18-11(8)15-7-14-10/h2,6-7,17H,1,3-5H2,(H,12,16)(H,13,14,15). The summed E-state index contributed by atoms with van der Waals surface area (Å²) in [6.07, 6.45) is 1.99. The maximum absolute atomic E-state index is 11.2. The van der Waals surface area contributed by atoms with E-state index in [1.165, 1.54) is 0 Å². The van der Waals surface area contributed by atoms with Crippen molar-refractivity contribution in [3.63, 3.8) is 0 Å². The summed E-state index contributed by atoms with van der Waals surface area (Å²) in [6.45, 7) is 1.21. The van der Waals surface area contributed by atoms with Crippen molar-refractivity contribution in [3.05, 3.63) is 17.8 Å². The van der Waals surface area contributed by atoms with E-state index in [9.17, 15) is 4.79 Å². The van der Waals surface area contributed by atoms with Gasteiger partial charge in [-0.3, -0.25) is 4.79 Å². The van der Waals surface area contributed by atoms with Crippen molar-refractivity contribution < 1.29 is 4.79 Å². The maximum Gasteiger partial charge on any atom is 0.220 e. The van der Waals surface area contributed by atoms with Crippen molar-refractivity contribution in [1.82, 2.24) is 15.3 Å². The fraction of sp³-hybridized carbons (Fsp3) is 0.364. The third-order valence-electron chi connectivity index (χ3n) is 2.34. The maximum atomic E-state index is 11.2. The van der Waals surface area contributed by atoms with Gasteiger partial charge < -0.3 is 10.6 Å². The Balaban J connectivity index is 1.83. The molecule has 0 atom stereocenters. The van der Waals surface area contributed by atoms with E-state index in [2.05, 4.69) is 33.2 Å². The van der Waals surface area contributed by atoms with E-state index in [1.54, 1.807) is 17.7 Å². The molecule has 5 nitrogen and oxygen atoms in total. The average molecular weight is 282 g/mol. The molecule has 2 rings (SSSR count). The van der Waals surface area contributed by atoms with Gasteiger partial charge in [0.05, 0.1) is 5.39 Å². The molecule has 96 valence electrons. The average Bonchev–Trinajstić information content (AvgIpc) is 2.84. The largest absolute Gasteiger partial charge is 0.368 e. The van der Waals surface area contributed by atoms with Crippen LogP contribution in [0.3, 0.4) is 0 Å². The Morgan fingerprint density at radius 2 is 2.28 bits per heavy atom. The van der Waals surface area contributed by atoms with E-state index in [0.717, 1.165) is 16.0 Å². The minimum absolute atomic E-state index is 0.0233. The third kappa shape index (κ3) is 3.33. The summed E-state index contributed by atoms with van der Waals surface area (Å²) < 4.78 is 0. The second-order valence-electron chi connectivity index (χ2n) is 3.61. The quantitative estimate of drug-likeness (QED) is 0.555. The van der Waals surface area contributed by atoms with Gasteiger partial charge in [-0.25, -0.2) is 9.97 Å². The molecule has 1 amide bonds. The van der Waals surface area contributed by atoms with Crippen molar-refractivity contribution in [1.29, 1.82) is 0 Å². The molecular weight excluding hydrogens is 268 g/mol. The normalized spacial score (nSPS) is 10.5. The van der Waals surface area contributed by atoms with Crippen LogP contribution in [0.2, 0.25) is 0 Å². The van der Waals surface area contributed by atoms with Gasteiger partial charge in [0.1, 0.15) is 17.0 Å². The SMILES string of the molecule is O=C(CCS)NCCNc1ncnc2sccc12. The van der Waals surface area contributed by atoms with Crippen molar-refractivity contribution in [2.75, 3.05) is 24.2 Å². The molecule has 0 radical (unpaired) electrons. The second kappa shape index (κ2) is 6.55. The number of rotatable bonds is 6. The van der Waals surface area contributed by atoms with Crippen LogP contribution < -0.4 is 10.6 Å². The van der Waals surface area contributed by atoms with Crippen molar-refractivity contribution in [3.8, 4) is 0 Å². The number of nitrogens with one attached hydrogen (secondary N) is 2. The Bertz CT molecular complexity index is 528. The lowest BCUT2D eigenvalue weighted by Crippen LogP contribution is -2.28. The van der Waals surface area contributed by atoms with Crippen LogP contribution in [-0.4, -0.2) is 34.7 Å². The predicted molar refractivity (Wildman–Crippen MR) is 77.4 cm³/mol.